The molecule has 0 unspecified atom stereocenters. The van der Waals surface area contributed by atoms with Crippen LogP contribution in [0.15, 0.2) is 11.1 Å². The van der Waals surface area contributed by atoms with Crippen LogP contribution in [0.1, 0.15) is 6.92 Å². The smallest absolute Gasteiger partial charge is 0.306 e. The van der Waals surface area contributed by atoms with Crippen LogP contribution >= 0.6 is 0 Å². The molecular formula is C11H17N6O5+. The average Bonchev–Trinajstić information content (AvgIpc) is 2.90. The number of aliphatic hydroxyl groups is 3. The number of aliphatic hydroxyl groups excluding tert-OH is 3. The highest BCUT2D eigenvalue weighted by Crippen LogP contribution is 2.36. The van der Waals surface area contributed by atoms with Crippen LogP contribution in [0.25, 0.3) is 11.2 Å². The van der Waals surface area contributed by atoms with Gasteiger partial charge in [0, 0.05) is 6.92 Å². The van der Waals surface area contributed by atoms with Gasteiger partial charge in [-0.05, 0) is 0 Å². The first kappa shape index (κ1) is 14.7. The minimum atomic E-state index is -1.48. The molecule has 4 atom stereocenters. The Balaban J connectivity index is 2.25. The summed E-state index contributed by atoms with van der Waals surface area (Å²) in [4.78, 5) is 18.3. The molecule has 1 saturated heterocycles. The van der Waals surface area contributed by atoms with Crippen molar-refractivity contribution in [1.82, 2.24) is 14.5 Å². The molecule has 0 bridgehead atoms. The van der Waals surface area contributed by atoms with Crippen LogP contribution in [0, 0.1) is 0 Å². The summed E-state index contributed by atoms with van der Waals surface area (Å²) < 4.78 is 7.88. The lowest BCUT2D eigenvalue weighted by molar-refractivity contribution is -0.613. The van der Waals surface area contributed by atoms with Gasteiger partial charge in [0.05, 0.1) is 6.61 Å². The molecule has 0 spiro atoms. The van der Waals surface area contributed by atoms with E-state index in [9.17, 15) is 20.1 Å². The van der Waals surface area contributed by atoms with E-state index in [0.29, 0.717) is 0 Å². The third-order valence-electron chi connectivity index (χ3n) is 3.92. The number of anilines is 1. The van der Waals surface area contributed by atoms with Crippen molar-refractivity contribution in [3.63, 3.8) is 0 Å². The van der Waals surface area contributed by atoms with E-state index in [1.807, 2.05) is 0 Å². The Hall–Kier alpha value is -2.21. The van der Waals surface area contributed by atoms with Gasteiger partial charge in [-0.1, -0.05) is 0 Å². The van der Waals surface area contributed by atoms with Crippen molar-refractivity contribution in [1.29, 1.82) is 0 Å². The molecule has 0 aliphatic carbocycles. The van der Waals surface area contributed by atoms with Crippen LogP contribution in [0.4, 0.5) is 5.95 Å². The molecular weight excluding hydrogens is 296 g/mol. The van der Waals surface area contributed by atoms with Gasteiger partial charge >= 0.3 is 5.56 Å². The van der Waals surface area contributed by atoms with Gasteiger partial charge < -0.3 is 25.8 Å². The Kier molecular flexibility index (Phi) is 3.11. The zero-order valence-corrected chi connectivity index (χ0v) is 11.7. The van der Waals surface area contributed by atoms with Crippen LogP contribution in [0.5, 0.6) is 0 Å². The standard InChI is InChI=1S/C11H16N6O5/c1-11(7(20)6(19)4(2-18)22-11)16-3-17(13)5-8(16)14-10(12)15-9(5)21/h3-4,6-7,18-20H,2,13H2,1H3,(H2-,12,14,15,21)/p+1/t4-,6-,7-,11-/m1/s1. The highest BCUT2D eigenvalue weighted by Gasteiger charge is 2.56. The summed E-state index contributed by atoms with van der Waals surface area (Å²) >= 11 is 0. The largest absolute Gasteiger partial charge is 0.394 e. The zero-order valence-electron chi connectivity index (χ0n) is 11.7. The van der Waals surface area contributed by atoms with Gasteiger partial charge in [-0.2, -0.15) is 9.55 Å². The maximum atomic E-state index is 11.9. The number of hydrogen-bond donors (Lipinski definition) is 6. The maximum absolute atomic E-state index is 11.9. The first-order chi connectivity index (χ1) is 10.3. The number of nitrogens with two attached hydrogens (primary N) is 2. The van der Waals surface area contributed by atoms with Gasteiger partial charge in [0.2, 0.25) is 11.7 Å². The van der Waals surface area contributed by atoms with Crippen molar-refractivity contribution in [2.24, 2.45) is 0 Å². The van der Waals surface area contributed by atoms with E-state index in [1.54, 1.807) is 0 Å². The number of rotatable bonds is 2. The third-order valence-corrected chi connectivity index (χ3v) is 3.92. The Morgan fingerprint density at radius 3 is 2.86 bits per heavy atom. The van der Waals surface area contributed by atoms with Crippen molar-refractivity contribution in [2.45, 2.75) is 31.0 Å². The molecule has 11 nitrogen and oxygen atoms in total. The summed E-state index contributed by atoms with van der Waals surface area (Å²) in [6.07, 6.45) is -2.37. The number of nitrogens with zero attached hydrogens (tertiary/aromatic N) is 3. The number of ether oxygens (including phenoxy) is 1. The van der Waals surface area contributed by atoms with Crippen molar-refractivity contribution in [3.8, 4) is 0 Å². The molecule has 120 valence electrons. The van der Waals surface area contributed by atoms with Crippen LogP contribution in [0.3, 0.4) is 0 Å². The first-order valence-corrected chi connectivity index (χ1v) is 6.52. The quantitative estimate of drug-likeness (QED) is 0.240. The Bertz CT molecular complexity index is 787. The number of H-pyrrole nitrogens is 1. The molecule has 22 heavy (non-hydrogen) atoms. The summed E-state index contributed by atoms with van der Waals surface area (Å²) in [6, 6.07) is 0. The molecule has 2 aromatic heterocycles. The van der Waals surface area contributed by atoms with Crippen molar-refractivity contribution < 1.29 is 24.7 Å². The van der Waals surface area contributed by atoms with E-state index in [0.717, 1.165) is 4.68 Å². The maximum Gasteiger partial charge on any atom is 0.306 e. The lowest BCUT2D eigenvalue weighted by Crippen LogP contribution is -2.47. The Morgan fingerprint density at radius 2 is 2.27 bits per heavy atom. The monoisotopic (exact) mass is 313 g/mol. The van der Waals surface area contributed by atoms with Crippen molar-refractivity contribution in [3.05, 3.63) is 16.7 Å². The van der Waals surface area contributed by atoms with Crippen LogP contribution in [-0.2, 0) is 10.5 Å². The van der Waals surface area contributed by atoms with Crippen LogP contribution in [-0.4, -0.2) is 54.8 Å². The fourth-order valence-electron chi connectivity index (χ4n) is 2.75. The molecule has 2 aromatic rings. The molecule has 1 aliphatic heterocycles. The van der Waals surface area contributed by atoms with Crippen molar-refractivity contribution >= 4 is 17.1 Å². The number of hydrogen-bond acceptors (Lipinski definition) is 8. The number of fused-ring (bicyclic) bond motifs is 1. The second kappa shape index (κ2) is 4.64. The van der Waals surface area contributed by atoms with Gasteiger partial charge in [0.1, 0.15) is 12.2 Å². The van der Waals surface area contributed by atoms with Gasteiger partial charge in [0.15, 0.2) is 6.10 Å². The predicted octanol–water partition coefficient (Wildman–Crippen LogP) is -3.91. The number of imidazole rings is 1. The molecule has 1 aliphatic rings. The van der Waals surface area contributed by atoms with E-state index in [2.05, 4.69) is 9.97 Å². The topological polar surface area (TPSA) is 177 Å². The molecule has 3 heterocycles. The van der Waals surface area contributed by atoms with Gasteiger partial charge in [0.25, 0.3) is 17.5 Å². The average molecular weight is 313 g/mol. The zero-order chi connectivity index (χ0) is 16.2. The molecule has 0 amide bonds. The summed E-state index contributed by atoms with van der Waals surface area (Å²) in [5.74, 6) is 5.62. The fraction of sp³-hybridized carbons (Fsp3) is 0.545. The molecule has 0 radical (unpaired) electrons. The Morgan fingerprint density at radius 1 is 1.59 bits per heavy atom. The lowest BCUT2D eigenvalue weighted by Gasteiger charge is -2.23. The molecule has 1 fully saturated rings. The van der Waals surface area contributed by atoms with E-state index in [4.69, 9.17) is 16.3 Å². The first-order valence-electron chi connectivity index (χ1n) is 6.52. The minimum Gasteiger partial charge on any atom is -0.394 e. The third kappa shape index (κ3) is 1.80. The predicted molar refractivity (Wildman–Crippen MR) is 72.7 cm³/mol. The Labute approximate surface area is 123 Å². The second-order valence-corrected chi connectivity index (χ2v) is 5.35. The highest BCUT2D eigenvalue weighted by molar-refractivity contribution is 5.67. The van der Waals surface area contributed by atoms with Gasteiger partial charge in [-0.3, -0.25) is 15.6 Å². The number of aromatic nitrogens is 4. The summed E-state index contributed by atoms with van der Waals surface area (Å²) in [5, 5.41) is 29.4. The molecule has 11 heteroatoms. The highest BCUT2D eigenvalue weighted by atomic mass is 16.6. The summed E-state index contributed by atoms with van der Waals surface area (Å²) in [5.41, 5.74) is 3.60. The van der Waals surface area contributed by atoms with Crippen molar-refractivity contribution in [2.75, 3.05) is 18.2 Å². The molecule has 8 N–H and O–H groups in total. The molecule has 0 aromatic carbocycles. The van der Waals surface area contributed by atoms with Gasteiger partial charge in [-0.25, -0.2) is 0 Å². The summed E-state index contributed by atoms with van der Waals surface area (Å²) in [7, 11) is 0. The second-order valence-electron chi connectivity index (χ2n) is 5.35. The normalized spacial score (nSPS) is 31.9. The van der Waals surface area contributed by atoms with Crippen LogP contribution in [0.2, 0.25) is 0 Å². The SMILES string of the molecule is C[C@@]1(n2c[n+](N)c3c(=O)[nH]c(N)nc32)O[C@H](CO)[C@@H](O)[C@H]1O. The molecule has 3 rings (SSSR count). The molecule has 0 saturated carbocycles. The van der Waals surface area contributed by atoms with E-state index in [-0.39, 0.29) is 17.1 Å². The summed E-state index contributed by atoms with van der Waals surface area (Å²) in [6.45, 7) is 1.00. The number of aromatic amines is 1. The number of nitrogens with one attached hydrogen (secondary N) is 1. The number of nitrogen functional groups attached to an aromatic ring is 2. The van der Waals surface area contributed by atoms with E-state index in [1.165, 1.54) is 17.8 Å². The van der Waals surface area contributed by atoms with Crippen LogP contribution < -0.4 is 21.8 Å². The van der Waals surface area contributed by atoms with E-state index >= 15 is 0 Å². The lowest BCUT2D eigenvalue weighted by atomic mass is 10.0. The van der Waals surface area contributed by atoms with E-state index < -0.39 is 36.2 Å². The fourth-order valence-corrected chi connectivity index (χ4v) is 2.75. The van der Waals surface area contributed by atoms with Gasteiger partial charge in [-0.15, -0.1) is 4.68 Å². The minimum absolute atomic E-state index is 0.0214.